The zero-order valence-electron chi connectivity index (χ0n) is 15.5. The number of hydrogen-bond donors (Lipinski definition) is 3. The highest BCUT2D eigenvalue weighted by atomic mass is 19.1. The van der Waals surface area contributed by atoms with Gasteiger partial charge >= 0.3 is 0 Å². The number of hydrogen-bond acceptors (Lipinski definition) is 5. The number of benzene rings is 1. The van der Waals surface area contributed by atoms with Crippen LogP contribution in [0.25, 0.3) is 0 Å². The standard InChI is InChI=1S/C20H24FN5O2/c21-16-4-1-3-14(11-16)8-9-23-18-5-2-10-26(18)19-7-6-15(12-24-19)20(28)25-13-17(22)27/h1,3-4,6-7,11-12,18,23H,2,5,8-10,13H2,(H2,22,27)(H,25,28). The Morgan fingerprint density at radius 1 is 1.29 bits per heavy atom. The Labute approximate surface area is 163 Å². The molecule has 1 aromatic carbocycles. The van der Waals surface area contributed by atoms with E-state index in [1.165, 1.54) is 12.3 Å². The minimum Gasteiger partial charge on any atom is -0.368 e. The molecule has 8 heteroatoms. The summed E-state index contributed by atoms with van der Waals surface area (Å²) in [6.45, 7) is 1.40. The van der Waals surface area contributed by atoms with Crippen LogP contribution in [0.3, 0.4) is 0 Å². The van der Waals surface area contributed by atoms with Crippen LogP contribution in [0.5, 0.6) is 0 Å². The van der Waals surface area contributed by atoms with Gasteiger partial charge in [0.25, 0.3) is 5.91 Å². The van der Waals surface area contributed by atoms with Crippen LogP contribution in [0.1, 0.15) is 28.8 Å². The molecule has 148 valence electrons. The van der Waals surface area contributed by atoms with Gasteiger partial charge in [0.2, 0.25) is 5.91 Å². The van der Waals surface area contributed by atoms with E-state index >= 15 is 0 Å². The average Bonchev–Trinajstić information content (AvgIpc) is 3.15. The van der Waals surface area contributed by atoms with E-state index in [1.54, 1.807) is 24.3 Å². The first-order valence-electron chi connectivity index (χ1n) is 9.30. The van der Waals surface area contributed by atoms with Crippen LogP contribution in [-0.4, -0.2) is 42.6 Å². The van der Waals surface area contributed by atoms with Gasteiger partial charge in [0.05, 0.1) is 18.3 Å². The maximum absolute atomic E-state index is 13.3. The molecular formula is C20H24FN5O2. The molecule has 1 aliphatic heterocycles. The molecule has 0 aliphatic carbocycles. The summed E-state index contributed by atoms with van der Waals surface area (Å²) < 4.78 is 13.3. The predicted molar refractivity (Wildman–Crippen MR) is 104 cm³/mol. The van der Waals surface area contributed by atoms with Gasteiger partial charge in [0.1, 0.15) is 11.6 Å². The third kappa shape index (κ3) is 5.26. The Balaban J connectivity index is 1.55. The van der Waals surface area contributed by atoms with Gasteiger partial charge < -0.3 is 16.0 Å². The summed E-state index contributed by atoms with van der Waals surface area (Å²) in [5.41, 5.74) is 6.36. The van der Waals surface area contributed by atoms with Gasteiger partial charge in [0, 0.05) is 19.3 Å². The molecule has 4 N–H and O–H groups in total. The Morgan fingerprint density at radius 2 is 2.14 bits per heavy atom. The number of nitrogens with zero attached hydrogens (tertiary/aromatic N) is 2. The van der Waals surface area contributed by atoms with Gasteiger partial charge in [-0.3, -0.25) is 14.9 Å². The summed E-state index contributed by atoms with van der Waals surface area (Å²) in [6, 6.07) is 10.1. The van der Waals surface area contributed by atoms with Crippen molar-refractivity contribution in [3.8, 4) is 0 Å². The van der Waals surface area contributed by atoms with E-state index in [2.05, 4.69) is 20.5 Å². The van der Waals surface area contributed by atoms with Crippen molar-refractivity contribution >= 4 is 17.6 Å². The average molecular weight is 385 g/mol. The maximum atomic E-state index is 13.3. The summed E-state index contributed by atoms with van der Waals surface area (Å²) in [6.07, 6.45) is 4.42. The Kier molecular flexibility index (Phi) is 6.54. The molecule has 0 saturated carbocycles. The van der Waals surface area contributed by atoms with Crippen molar-refractivity contribution < 1.29 is 14.0 Å². The molecule has 1 aliphatic rings. The van der Waals surface area contributed by atoms with Gasteiger partial charge in [-0.1, -0.05) is 12.1 Å². The smallest absolute Gasteiger partial charge is 0.253 e. The van der Waals surface area contributed by atoms with E-state index in [0.29, 0.717) is 5.56 Å². The molecule has 2 aromatic rings. The largest absolute Gasteiger partial charge is 0.368 e. The molecule has 7 nitrogen and oxygen atoms in total. The number of anilines is 1. The van der Waals surface area contributed by atoms with Gasteiger partial charge in [-0.05, 0) is 49.1 Å². The maximum Gasteiger partial charge on any atom is 0.253 e. The number of rotatable bonds is 8. The number of nitrogens with two attached hydrogens (primary N) is 1. The zero-order chi connectivity index (χ0) is 19.9. The van der Waals surface area contributed by atoms with Gasteiger partial charge in [-0.25, -0.2) is 9.37 Å². The van der Waals surface area contributed by atoms with Crippen LogP contribution >= 0.6 is 0 Å². The van der Waals surface area contributed by atoms with E-state index in [0.717, 1.165) is 43.7 Å². The van der Waals surface area contributed by atoms with Gasteiger partial charge in [-0.15, -0.1) is 0 Å². The molecule has 0 spiro atoms. The Bertz CT molecular complexity index is 828. The molecular weight excluding hydrogens is 361 g/mol. The van der Waals surface area contributed by atoms with E-state index in [1.807, 2.05) is 6.07 Å². The lowest BCUT2D eigenvalue weighted by Crippen LogP contribution is -2.42. The minimum absolute atomic E-state index is 0.149. The van der Waals surface area contributed by atoms with Crippen molar-refractivity contribution in [2.75, 3.05) is 24.5 Å². The molecule has 28 heavy (non-hydrogen) atoms. The molecule has 0 radical (unpaired) electrons. The minimum atomic E-state index is -0.595. The SMILES string of the molecule is NC(=O)CNC(=O)c1ccc(N2CCCC2NCCc2cccc(F)c2)nc1. The predicted octanol–water partition coefficient (Wildman–Crippen LogP) is 1.19. The number of amides is 2. The number of aromatic nitrogens is 1. The number of halogens is 1. The molecule has 3 rings (SSSR count). The first-order chi connectivity index (χ1) is 13.5. The fourth-order valence-corrected chi connectivity index (χ4v) is 3.29. The van der Waals surface area contributed by atoms with Crippen molar-refractivity contribution in [1.29, 1.82) is 0 Å². The highest BCUT2D eigenvalue weighted by Gasteiger charge is 2.25. The van der Waals surface area contributed by atoms with E-state index in [-0.39, 0.29) is 24.4 Å². The summed E-state index contributed by atoms with van der Waals surface area (Å²) in [5, 5.41) is 5.94. The number of carbonyl (C=O) groups is 2. The molecule has 1 atom stereocenters. The lowest BCUT2D eigenvalue weighted by atomic mass is 10.1. The van der Waals surface area contributed by atoms with Gasteiger partial charge in [0.15, 0.2) is 0 Å². The molecule has 1 fully saturated rings. The van der Waals surface area contributed by atoms with Crippen LogP contribution in [0.2, 0.25) is 0 Å². The third-order valence-electron chi connectivity index (χ3n) is 4.66. The number of primary amides is 1. The summed E-state index contributed by atoms with van der Waals surface area (Å²) >= 11 is 0. The fraction of sp³-hybridized carbons (Fsp3) is 0.350. The first-order valence-corrected chi connectivity index (χ1v) is 9.30. The summed E-state index contributed by atoms with van der Waals surface area (Å²) in [4.78, 5) is 29.2. The first kappa shape index (κ1) is 19.8. The van der Waals surface area contributed by atoms with Crippen LogP contribution < -0.4 is 21.3 Å². The second kappa shape index (κ2) is 9.27. The molecule has 0 bridgehead atoms. The van der Waals surface area contributed by atoms with Crippen LogP contribution in [0, 0.1) is 5.82 Å². The second-order valence-corrected chi connectivity index (χ2v) is 6.74. The van der Waals surface area contributed by atoms with Gasteiger partial charge in [-0.2, -0.15) is 0 Å². The Hall–Kier alpha value is -3.00. The lowest BCUT2D eigenvalue weighted by molar-refractivity contribution is -0.117. The number of nitrogens with one attached hydrogen (secondary N) is 2. The quantitative estimate of drug-likeness (QED) is 0.634. The van der Waals surface area contributed by atoms with Crippen molar-refractivity contribution in [2.45, 2.75) is 25.4 Å². The molecule has 2 heterocycles. The Morgan fingerprint density at radius 3 is 2.86 bits per heavy atom. The molecule has 1 aromatic heterocycles. The van der Waals surface area contributed by atoms with E-state index in [4.69, 9.17) is 5.73 Å². The highest BCUT2D eigenvalue weighted by molar-refractivity contribution is 5.96. The fourth-order valence-electron chi connectivity index (χ4n) is 3.29. The number of pyridine rings is 1. The van der Waals surface area contributed by atoms with Crippen molar-refractivity contribution in [3.05, 3.63) is 59.5 Å². The van der Waals surface area contributed by atoms with Crippen LogP contribution in [0.4, 0.5) is 10.2 Å². The normalized spacial score (nSPS) is 16.2. The molecule has 1 saturated heterocycles. The topological polar surface area (TPSA) is 100 Å². The zero-order valence-corrected chi connectivity index (χ0v) is 15.5. The second-order valence-electron chi connectivity index (χ2n) is 6.74. The highest BCUT2D eigenvalue weighted by Crippen LogP contribution is 2.22. The molecule has 2 amide bonds. The van der Waals surface area contributed by atoms with Crippen molar-refractivity contribution in [2.24, 2.45) is 5.73 Å². The van der Waals surface area contributed by atoms with Crippen LogP contribution in [-0.2, 0) is 11.2 Å². The monoisotopic (exact) mass is 385 g/mol. The summed E-state index contributed by atoms with van der Waals surface area (Å²) in [7, 11) is 0. The number of carbonyl (C=O) groups excluding carboxylic acids is 2. The summed E-state index contributed by atoms with van der Waals surface area (Å²) in [5.74, 6) is -0.414. The lowest BCUT2D eigenvalue weighted by Gasteiger charge is -2.26. The van der Waals surface area contributed by atoms with Crippen molar-refractivity contribution in [1.82, 2.24) is 15.6 Å². The molecule has 1 unspecified atom stereocenters. The van der Waals surface area contributed by atoms with Crippen LogP contribution in [0.15, 0.2) is 42.6 Å². The van der Waals surface area contributed by atoms with E-state index < -0.39 is 5.91 Å². The van der Waals surface area contributed by atoms with Crippen molar-refractivity contribution in [3.63, 3.8) is 0 Å². The van der Waals surface area contributed by atoms with E-state index in [9.17, 15) is 14.0 Å². The third-order valence-corrected chi connectivity index (χ3v) is 4.66.